The number of aliphatic carboxylic acids is 1. The van der Waals surface area contributed by atoms with Crippen LogP contribution in [0, 0.1) is 0 Å². The summed E-state index contributed by atoms with van der Waals surface area (Å²) in [6, 6.07) is 15.7. The molecule has 0 radical (unpaired) electrons. The van der Waals surface area contributed by atoms with Gasteiger partial charge in [-0.1, -0.05) is 55.8 Å². The van der Waals surface area contributed by atoms with Crippen LogP contribution in [-0.4, -0.2) is 23.0 Å². The summed E-state index contributed by atoms with van der Waals surface area (Å²) in [6.45, 7) is 2.14. The van der Waals surface area contributed by atoms with Crippen LogP contribution < -0.4 is 5.32 Å². The van der Waals surface area contributed by atoms with E-state index in [0.29, 0.717) is 5.56 Å². The summed E-state index contributed by atoms with van der Waals surface area (Å²) in [5, 5.41) is 12.0. The number of hydrogen-bond donors (Lipinski definition) is 2. The zero-order valence-electron chi connectivity index (χ0n) is 13.9. The smallest absolute Gasteiger partial charge is 0.326 e. The first kappa shape index (κ1) is 17.7. The van der Waals surface area contributed by atoms with Crippen LogP contribution in [0.3, 0.4) is 0 Å². The summed E-state index contributed by atoms with van der Waals surface area (Å²) in [5.74, 6) is -1.40. The molecule has 0 bridgehead atoms. The van der Waals surface area contributed by atoms with E-state index in [1.165, 1.54) is 5.56 Å². The third kappa shape index (κ3) is 5.23. The molecule has 2 rings (SSSR count). The standard InChI is InChI=1S/C20H23NO3/c1-2-3-7-15-10-12-17(13-11-15)19(22)21-18(20(23)24)14-16-8-5-4-6-9-16/h4-6,8-13,18H,2-3,7,14H2,1H3,(H,21,22)(H,23,24)/t18-/m1/s1. The zero-order chi connectivity index (χ0) is 17.4. The summed E-state index contributed by atoms with van der Waals surface area (Å²) in [5.41, 5.74) is 2.54. The van der Waals surface area contributed by atoms with Gasteiger partial charge in [0.25, 0.3) is 5.91 Å². The van der Waals surface area contributed by atoms with Crippen molar-refractivity contribution in [2.24, 2.45) is 0 Å². The first-order valence-electron chi connectivity index (χ1n) is 8.26. The van der Waals surface area contributed by atoms with Gasteiger partial charge in [0.05, 0.1) is 0 Å². The van der Waals surface area contributed by atoms with Crippen molar-refractivity contribution < 1.29 is 14.7 Å². The zero-order valence-corrected chi connectivity index (χ0v) is 13.9. The summed E-state index contributed by atoms with van der Waals surface area (Å²) >= 11 is 0. The number of unbranched alkanes of at least 4 members (excludes halogenated alkanes) is 1. The van der Waals surface area contributed by atoms with E-state index < -0.39 is 12.0 Å². The molecule has 0 aliphatic rings. The molecule has 0 spiro atoms. The summed E-state index contributed by atoms with van der Waals surface area (Å²) in [7, 11) is 0. The van der Waals surface area contributed by atoms with Crippen molar-refractivity contribution in [1.82, 2.24) is 5.32 Å². The molecule has 0 aliphatic carbocycles. The lowest BCUT2D eigenvalue weighted by Gasteiger charge is -2.15. The van der Waals surface area contributed by atoms with Crippen LogP contribution in [0.1, 0.15) is 41.3 Å². The molecule has 2 aromatic carbocycles. The molecule has 2 N–H and O–H groups in total. The van der Waals surface area contributed by atoms with Crippen LogP contribution >= 0.6 is 0 Å². The van der Waals surface area contributed by atoms with E-state index >= 15 is 0 Å². The fourth-order valence-electron chi connectivity index (χ4n) is 2.50. The van der Waals surface area contributed by atoms with E-state index in [1.54, 1.807) is 12.1 Å². The lowest BCUT2D eigenvalue weighted by atomic mass is 10.0. The number of carbonyl (C=O) groups excluding carboxylic acids is 1. The van der Waals surface area contributed by atoms with Gasteiger partial charge in [-0.25, -0.2) is 4.79 Å². The van der Waals surface area contributed by atoms with Gasteiger partial charge in [-0.05, 0) is 36.1 Å². The fraction of sp³-hybridized carbons (Fsp3) is 0.300. The van der Waals surface area contributed by atoms with E-state index in [1.807, 2.05) is 42.5 Å². The molecule has 4 nitrogen and oxygen atoms in total. The molecule has 0 aromatic heterocycles. The van der Waals surface area contributed by atoms with Crippen molar-refractivity contribution in [3.63, 3.8) is 0 Å². The highest BCUT2D eigenvalue weighted by Gasteiger charge is 2.21. The van der Waals surface area contributed by atoms with Gasteiger partial charge in [0.1, 0.15) is 6.04 Å². The van der Waals surface area contributed by atoms with Crippen LogP contribution in [0.5, 0.6) is 0 Å². The van der Waals surface area contributed by atoms with Crippen LogP contribution in [0.15, 0.2) is 54.6 Å². The molecule has 1 amide bonds. The van der Waals surface area contributed by atoms with Crippen LogP contribution in [0.4, 0.5) is 0 Å². The summed E-state index contributed by atoms with van der Waals surface area (Å²) < 4.78 is 0. The number of carboxylic acids is 1. The predicted molar refractivity (Wildman–Crippen MR) is 94.1 cm³/mol. The molecule has 126 valence electrons. The Balaban J connectivity index is 2.01. The molecule has 2 aromatic rings. The van der Waals surface area contributed by atoms with Crippen molar-refractivity contribution in [3.05, 3.63) is 71.3 Å². The van der Waals surface area contributed by atoms with Gasteiger partial charge >= 0.3 is 5.97 Å². The minimum atomic E-state index is -1.04. The highest BCUT2D eigenvalue weighted by atomic mass is 16.4. The molecule has 0 fully saturated rings. The van der Waals surface area contributed by atoms with Gasteiger partial charge in [-0.2, -0.15) is 0 Å². The van der Waals surface area contributed by atoms with E-state index in [-0.39, 0.29) is 12.3 Å². The minimum absolute atomic E-state index is 0.260. The molecular formula is C20H23NO3. The second-order valence-electron chi connectivity index (χ2n) is 5.85. The number of amides is 1. The Morgan fingerprint density at radius 1 is 1.00 bits per heavy atom. The van der Waals surface area contributed by atoms with Crippen LogP contribution in [-0.2, 0) is 17.6 Å². The maximum atomic E-state index is 12.3. The molecule has 0 heterocycles. The third-order valence-corrected chi connectivity index (χ3v) is 3.92. The van der Waals surface area contributed by atoms with Gasteiger partial charge in [-0.3, -0.25) is 4.79 Å². The lowest BCUT2D eigenvalue weighted by molar-refractivity contribution is -0.139. The molecule has 1 atom stereocenters. The molecule has 4 heteroatoms. The average molecular weight is 325 g/mol. The van der Waals surface area contributed by atoms with Gasteiger partial charge in [0, 0.05) is 12.0 Å². The Morgan fingerprint density at radius 3 is 2.25 bits per heavy atom. The number of carboxylic acid groups (broad SMARTS) is 1. The topological polar surface area (TPSA) is 66.4 Å². The number of aryl methyl sites for hydroxylation is 1. The van der Waals surface area contributed by atoms with Gasteiger partial charge < -0.3 is 10.4 Å². The molecule has 0 saturated carbocycles. The monoisotopic (exact) mass is 325 g/mol. The highest BCUT2D eigenvalue weighted by molar-refractivity contribution is 5.96. The summed E-state index contributed by atoms with van der Waals surface area (Å²) in [4.78, 5) is 23.7. The van der Waals surface area contributed by atoms with E-state index in [9.17, 15) is 14.7 Å². The maximum Gasteiger partial charge on any atom is 0.326 e. The SMILES string of the molecule is CCCCc1ccc(C(=O)N[C@H](Cc2ccccc2)C(=O)O)cc1. The van der Waals surface area contributed by atoms with Gasteiger partial charge in [0.2, 0.25) is 0 Å². The number of hydrogen-bond acceptors (Lipinski definition) is 2. The quantitative estimate of drug-likeness (QED) is 0.781. The number of carbonyl (C=O) groups is 2. The average Bonchev–Trinajstić information content (AvgIpc) is 2.60. The Morgan fingerprint density at radius 2 is 1.67 bits per heavy atom. The summed E-state index contributed by atoms with van der Waals surface area (Å²) in [6.07, 6.45) is 3.49. The van der Waals surface area contributed by atoms with Crippen molar-refractivity contribution in [2.45, 2.75) is 38.6 Å². The van der Waals surface area contributed by atoms with Crippen molar-refractivity contribution in [3.8, 4) is 0 Å². The minimum Gasteiger partial charge on any atom is -0.480 e. The highest BCUT2D eigenvalue weighted by Crippen LogP contribution is 2.09. The van der Waals surface area contributed by atoms with Gasteiger partial charge in [-0.15, -0.1) is 0 Å². The van der Waals surface area contributed by atoms with Crippen LogP contribution in [0.2, 0.25) is 0 Å². The van der Waals surface area contributed by atoms with E-state index in [2.05, 4.69) is 12.2 Å². The Labute approximate surface area is 142 Å². The predicted octanol–water partition coefficient (Wildman–Crippen LogP) is 3.45. The van der Waals surface area contributed by atoms with E-state index in [0.717, 1.165) is 24.8 Å². The van der Waals surface area contributed by atoms with Crippen LogP contribution in [0.25, 0.3) is 0 Å². The number of nitrogens with one attached hydrogen (secondary N) is 1. The molecule has 0 aliphatic heterocycles. The Kier molecular flexibility index (Phi) is 6.55. The Bertz CT molecular complexity index is 665. The van der Waals surface area contributed by atoms with Crippen molar-refractivity contribution in [2.75, 3.05) is 0 Å². The second-order valence-corrected chi connectivity index (χ2v) is 5.85. The normalized spacial score (nSPS) is 11.7. The first-order valence-corrected chi connectivity index (χ1v) is 8.26. The number of benzene rings is 2. The lowest BCUT2D eigenvalue weighted by Crippen LogP contribution is -2.42. The largest absolute Gasteiger partial charge is 0.480 e. The molecule has 24 heavy (non-hydrogen) atoms. The van der Waals surface area contributed by atoms with Crippen molar-refractivity contribution in [1.29, 1.82) is 0 Å². The maximum absolute atomic E-state index is 12.3. The fourth-order valence-corrected chi connectivity index (χ4v) is 2.50. The number of rotatable bonds is 8. The van der Waals surface area contributed by atoms with E-state index in [4.69, 9.17) is 0 Å². The van der Waals surface area contributed by atoms with Gasteiger partial charge in [0.15, 0.2) is 0 Å². The first-order chi connectivity index (χ1) is 11.6. The Hall–Kier alpha value is -2.62. The van der Waals surface area contributed by atoms with Crippen molar-refractivity contribution >= 4 is 11.9 Å². The molecule has 0 saturated heterocycles. The second kappa shape index (κ2) is 8.87. The third-order valence-electron chi connectivity index (χ3n) is 3.92. The molecular weight excluding hydrogens is 302 g/mol. The molecule has 0 unspecified atom stereocenters.